The van der Waals surface area contributed by atoms with Crippen molar-refractivity contribution in [2.75, 3.05) is 0 Å². The first kappa shape index (κ1) is 13.7. The van der Waals surface area contributed by atoms with Crippen molar-refractivity contribution in [1.82, 2.24) is 0 Å². The maximum Gasteiger partial charge on any atom is 0.125 e. The smallest absolute Gasteiger partial charge is 0.125 e. The lowest BCUT2D eigenvalue weighted by atomic mass is 9.78. The Morgan fingerprint density at radius 3 is 2.75 bits per heavy atom. The topological polar surface area (TPSA) is 29.5 Å². The number of hydrogen-bond donors (Lipinski definition) is 1. The second kappa shape index (κ2) is 5.25. The molecule has 0 aromatic heterocycles. The first-order valence-corrected chi connectivity index (χ1v) is 7.65. The number of hydrogen-bond acceptors (Lipinski definition) is 2. The maximum absolute atomic E-state index is 10.4. The Balaban J connectivity index is 1.81. The Bertz CT molecular complexity index is 532. The van der Waals surface area contributed by atoms with Gasteiger partial charge in [0.25, 0.3) is 0 Å². The third kappa shape index (κ3) is 2.62. The summed E-state index contributed by atoms with van der Waals surface area (Å²) < 4.78 is 6.21. The summed E-state index contributed by atoms with van der Waals surface area (Å²) >= 11 is 0. The highest BCUT2D eigenvalue weighted by Gasteiger charge is 2.34. The van der Waals surface area contributed by atoms with Crippen molar-refractivity contribution in [3.63, 3.8) is 0 Å². The van der Waals surface area contributed by atoms with Crippen molar-refractivity contribution in [3.8, 4) is 5.75 Å². The zero-order chi connectivity index (χ0) is 14.3. The van der Waals surface area contributed by atoms with Gasteiger partial charge in [-0.15, -0.1) is 0 Å². The SMILES string of the molecule is CC1=CC(C)CC(C2CC(O)c3cc(C)ccc3O2)C1. The molecule has 1 aliphatic heterocycles. The first-order valence-electron chi connectivity index (χ1n) is 7.65. The number of benzene rings is 1. The molecule has 0 radical (unpaired) electrons. The molecular formula is C18H24O2. The maximum atomic E-state index is 10.4. The van der Waals surface area contributed by atoms with Gasteiger partial charge in [-0.2, -0.15) is 0 Å². The van der Waals surface area contributed by atoms with Gasteiger partial charge >= 0.3 is 0 Å². The van der Waals surface area contributed by atoms with Gasteiger partial charge in [0.05, 0.1) is 6.10 Å². The van der Waals surface area contributed by atoms with Crippen LogP contribution in [0.1, 0.15) is 50.3 Å². The molecule has 0 bridgehead atoms. The van der Waals surface area contributed by atoms with E-state index in [4.69, 9.17) is 4.74 Å². The minimum Gasteiger partial charge on any atom is -0.490 e. The normalized spacial score (nSPS) is 33.1. The van der Waals surface area contributed by atoms with E-state index in [2.05, 4.69) is 32.9 Å². The van der Waals surface area contributed by atoms with Gasteiger partial charge in [0.2, 0.25) is 0 Å². The highest BCUT2D eigenvalue weighted by atomic mass is 16.5. The van der Waals surface area contributed by atoms with Gasteiger partial charge in [-0.05, 0) is 44.7 Å². The fraction of sp³-hybridized carbons (Fsp3) is 0.556. The number of fused-ring (bicyclic) bond motifs is 1. The van der Waals surface area contributed by atoms with Crippen LogP contribution in [0.3, 0.4) is 0 Å². The van der Waals surface area contributed by atoms with E-state index in [0.29, 0.717) is 11.8 Å². The minimum absolute atomic E-state index is 0.145. The highest BCUT2D eigenvalue weighted by Crippen LogP contribution is 2.41. The number of allylic oxidation sites excluding steroid dienone is 2. The molecule has 1 aliphatic carbocycles. The molecule has 0 spiro atoms. The van der Waals surface area contributed by atoms with Crippen LogP contribution in [-0.2, 0) is 0 Å². The number of aliphatic hydroxyl groups is 1. The third-order valence-corrected chi connectivity index (χ3v) is 4.61. The van der Waals surface area contributed by atoms with Crippen molar-refractivity contribution in [3.05, 3.63) is 41.0 Å². The Kier molecular flexibility index (Phi) is 3.59. The van der Waals surface area contributed by atoms with E-state index >= 15 is 0 Å². The predicted molar refractivity (Wildman–Crippen MR) is 80.8 cm³/mol. The molecule has 108 valence electrons. The molecule has 1 aromatic rings. The van der Waals surface area contributed by atoms with Crippen LogP contribution in [0.25, 0.3) is 0 Å². The summed E-state index contributed by atoms with van der Waals surface area (Å²) in [6.07, 6.45) is 5.11. The van der Waals surface area contributed by atoms with E-state index in [-0.39, 0.29) is 12.2 Å². The first-order chi connectivity index (χ1) is 9.52. The fourth-order valence-electron chi connectivity index (χ4n) is 3.76. The molecule has 20 heavy (non-hydrogen) atoms. The van der Waals surface area contributed by atoms with Crippen LogP contribution in [0, 0.1) is 18.8 Å². The van der Waals surface area contributed by atoms with Crippen molar-refractivity contribution in [1.29, 1.82) is 0 Å². The van der Waals surface area contributed by atoms with Crippen LogP contribution < -0.4 is 4.74 Å². The van der Waals surface area contributed by atoms with Crippen molar-refractivity contribution in [2.24, 2.45) is 11.8 Å². The van der Waals surface area contributed by atoms with Crippen molar-refractivity contribution in [2.45, 2.75) is 52.2 Å². The zero-order valence-electron chi connectivity index (χ0n) is 12.6. The lowest BCUT2D eigenvalue weighted by Gasteiger charge is -2.37. The lowest BCUT2D eigenvalue weighted by Crippen LogP contribution is -2.35. The number of aryl methyl sites for hydroxylation is 1. The molecule has 0 saturated carbocycles. The van der Waals surface area contributed by atoms with Gasteiger partial charge in [-0.1, -0.05) is 30.2 Å². The van der Waals surface area contributed by atoms with Crippen molar-refractivity contribution >= 4 is 0 Å². The van der Waals surface area contributed by atoms with Gasteiger partial charge < -0.3 is 9.84 Å². The number of ether oxygens (including phenoxy) is 1. The molecule has 2 aliphatic rings. The molecule has 4 atom stereocenters. The molecule has 4 unspecified atom stereocenters. The van der Waals surface area contributed by atoms with E-state index in [1.54, 1.807) is 0 Å². The zero-order valence-corrected chi connectivity index (χ0v) is 12.6. The number of rotatable bonds is 1. The summed E-state index contributed by atoms with van der Waals surface area (Å²) in [5.41, 5.74) is 3.59. The molecule has 0 fully saturated rings. The van der Waals surface area contributed by atoms with Crippen LogP contribution in [-0.4, -0.2) is 11.2 Å². The van der Waals surface area contributed by atoms with E-state index in [0.717, 1.165) is 30.6 Å². The van der Waals surface area contributed by atoms with E-state index in [9.17, 15) is 5.11 Å². The Hall–Kier alpha value is -1.28. The molecule has 1 heterocycles. The standard InChI is InChI=1S/C18H24O2/c1-11-4-5-17-15(9-11)16(19)10-18(20-17)14-7-12(2)6-13(3)8-14/h4-6,9,12,14,16,18-19H,7-8,10H2,1-3H3. The predicted octanol–water partition coefficient (Wildman–Crippen LogP) is 4.17. The van der Waals surface area contributed by atoms with Gasteiger partial charge in [0.15, 0.2) is 0 Å². The molecule has 0 saturated heterocycles. The molecule has 2 heteroatoms. The summed E-state index contributed by atoms with van der Waals surface area (Å²) in [7, 11) is 0. The Morgan fingerprint density at radius 2 is 2.00 bits per heavy atom. The Morgan fingerprint density at radius 1 is 1.20 bits per heavy atom. The van der Waals surface area contributed by atoms with Crippen LogP contribution >= 0.6 is 0 Å². The van der Waals surface area contributed by atoms with E-state index in [1.807, 2.05) is 12.1 Å². The molecule has 3 rings (SSSR count). The summed E-state index contributed by atoms with van der Waals surface area (Å²) in [5, 5.41) is 10.4. The average Bonchev–Trinajstić information content (AvgIpc) is 2.38. The summed E-state index contributed by atoms with van der Waals surface area (Å²) in [6.45, 7) is 6.53. The lowest BCUT2D eigenvalue weighted by molar-refractivity contribution is 0.0273. The summed E-state index contributed by atoms with van der Waals surface area (Å²) in [4.78, 5) is 0. The average molecular weight is 272 g/mol. The van der Waals surface area contributed by atoms with Gasteiger partial charge in [-0.25, -0.2) is 0 Å². The minimum atomic E-state index is -0.384. The molecule has 1 aromatic carbocycles. The molecular weight excluding hydrogens is 248 g/mol. The molecule has 0 amide bonds. The summed E-state index contributed by atoms with van der Waals surface area (Å²) in [6, 6.07) is 6.11. The fourth-order valence-corrected chi connectivity index (χ4v) is 3.76. The van der Waals surface area contributed by atoms with Crippen LogP contribution in [0.5, 0.6) is 5.75 Å². The second-order valence-electron chi connectivity index (χ2n) is 6.64. The molecule has 1 N–H and O–H groups in total. The van der Waals surface area contributed by atoms with Gasteiger partial charge in [0, 0.05) is 17.9 Å². The largest absolute Gasteiger partial charge is 0.490 e. The molecule has 2 nitrogen and oxygen atoms in total. The highest BCUT2D eigenvalue weighted by molar-refractivity contribution is 5.40. The monoisotopic (exact) mass is 272 g/mol. The van der Waals surface area contributed by atoms with Crippen LogP contribution in [0.15, 0.2) is 29.8 Å². The third-order valence-electron chi connectivity index (χ3n) is 4.61. The van der Waals surface area contributed by atoms with Crippen LogP contribution in [0.2, 0.25) is 0 Å². The van der Waals surface area contributed by atoms with Gasteiger partial charge in [-0.3, -0.25) is 0 Å². The van der Waals surface area contributed by atoms with E-state index < -0.39 is 0 Å². The van der Waals surface area contributed by atoms with Crippen LogP contribution in [0.4, 0.5) is 0 Å². The number of aliphatic hydroxyl groups excluding tert-OH is 1. The quantitative estimate of drug-likeness (QED) is 0.777. The van der Waals surface area contributed by atoms with Crippen molar-refractivity contribution < 1.29 is 9.84 Å². The summed E-state index contributed by atoms with van der Waals surface area (Å²) in [5.74, 6) is 2.02. The second-order valence-corrected chi connectivity index (χ2v) is 6.64. The van der Waals surface area contributed by atoms with Gasteiger partial charge in [0.1, 0.15) is 11.9 Å². The van der Waals surface area contributed by atoms with E-state index in [1.165, 1.54) is 11.1 Å². The Labute approximate surface area is 121 Å².